The third kappa shape index (κ3) is 2.56. The Labute approximate surface area is 118 Å². The highest BCUT2D eigenvalue weighted by atomic mass is 79.9. The number of halogens is 1. The third-order valence-corrected chi connectivity index (χ3v) is 3.54. The zero-order valence-electron chi connectivity index (χ0n) is 10.6. The predicted octanol–water partition coefficient (Wildman–Crippen LogP) is 0.758. The first-order valence-electron chi connectivity index (χ1n) is 5.94. The molecule has 7 heteroatoms. The van der Waals surface area contributed by atoms with Gasteiger partial charge < -0.3 is 9.47 Å². The Hall–Kier alpha value is -1.63. The van der Waals surface area contributed by atoms with Gasteiger partial charge in [0.25, 0.3) is 5.91 Å². The summed E-state index contributed by atoms with van der Waals surface area (Å²) in [6.45, 7) is 4.06. The molecule has 1 saturated heterocycles. The standard InChI is InChI=1S/C12H14BrN3O3/c1-3-15-5-8(13)4-9(15)12(19)16-6-10(17)14-11(18)7(16)2/h4-5,7H,3,6H2,1-2H3,(H,14,17,18). The van der Waals surface area contributed by atoms with Gasteiger partial charge in [-0.25, -0.2) is 0 Å². The summed E-state index contributed by atoms with van der Waals surface area (Å²) in [6.07, 6.45) is 1.80. The summed E-state index contributed by atoms with van der Waals surface area (Å²) >= 11 is 3.32. The van der Waals surface area contributed by atoms with Crippen LogP contribution in [0, 0.1) is 0 Å². The van der Waals surface area contributed by atoms with Gasteiger partial charge in [-0.05, 0) is 35.8 Å². The number of aryl methyl sites for hydroxylation is 1. The topological polar surface area (TPSA) is 71.4 Å². The van der Waals surface area contributed by atoms with Crippen LogP contribution >= 0.6 is 15.9 Å². The molecule has 0 aromatic carbocycles. The molecule has 2 heterocycles. The van der Waals surface area contributed by atoms with E-state index in [1.807, 2.05) is 6.92 Å². The molecule has 0 aliphatic carbocycles. The first kappa shape index (κ1) is 13.8. The maximum atomic E-state index is 12.4. The smallest absolute Gasteiger partial charge is 0.271 e. The molecule has 1 aromatic rings. The predicted molar refractivity (Wildman–Crippen MR) is 71.5 cm³/mol. The number of imide groups is 1. The number of amides is 3. The van der Waals surface area contributed by atoms with Crippen molar-refractivity contribution in [2.45, 2.75) is 26.4 Å². The van der Waals surface area contributed by atoms with Crippen molar-refractivity contribution < 1.29 is 14.4 Å². The van der Waals surface area contributed by atoms with E-state index in [9.17, 15) is 14.4 Å². The van der Waals surface area contributed by atoms with Crippen LogP contribution in [-0.2, 0) is 16.1 Å². The van der Waals surface area contributed by atoms with Gasteiger partial charge >= 0.3 is 0 Å². The minimum Gasteiger partial charge on any atom is -0.343 e. The van der Waals surface area contributed by atoms with E-state index in [0.717, 1.165) is 4.47 Å². The summed E-state index contributed by atoms with van der Waals surface area (Å²) in [5.41, 5.74) is 0.462. The van der Waals surface area contributed by atoms with Crippen LogP contribution in [-0.4, -0.2) is 39.8 Å². The van der Waals surface area contributed by atoms with E-state index >= 15 is 0 Å². The number of hydrogen-bond acceptors (Lipinski definition) is 3. The number of carbonyl (C=O) groups is 3. The van der Waals surface area contributed by atoms with Crippen LogP contribution in [0.3, 0.4) is 0 Å². The van der Waals surface area contributed by atoms with E-state index in [0.29, 0.717) is 12.2 Å². The SMILES string of the molecule is CCn1cc(Br)cc1C(=O)N1CC(=O)NC(=O)C1C. The molecule has 1 aliphatic rings. The molecule has 1 unspecified atom stereocenters. The average Bonchev–Trinajstić information content (AvgIpc) is 2.74. The molecule has 0 bridgehead atoms. The van der Waals surface area contributed by atoms with Gasteiger partial charge in [0.05, 0.1) is 0 Å². The molecule has 1 atom stereocenters. The molecule has 6 nitrogen and oxygen atoms in total. The van der Waals surface area contributed by atoms with E-state index in [4.69, 9.17) is 0 Å². The minimum absolute atomic E-state index is 0.0990. The largest absolute Gasteiger partial charge is 0.343 e. The summed E-state index contributed by atoms with van der Waals surface area (Å²) in [5, 5.41) is 2.21. The molecule has 1 aliphatic heterocycles. The molecule has 102 valence electrons. The highest BCUT2D eigenvalue weighted by Gasteiger charge is 2.34. The molecule has 0 spiro atoms. The lowest BCUT2D eigenvalue weighted by molar-refractivity contribution is -0.138. The van der Waals surface area contributed by atoms with Crippen LogP contribution in [0.25, 0.3) is 0 Å². The second kappa shape index (κ2) is 5.16. The normalized spacial score (nSPS) is 19.5. The first-order chi connectivity index (χ1) is 8.93. The number of piperazine rings is 1. The van der Waals surface area contributed by atoms with E-state index in [-0.39, 0.29) is 12.5 Å². The quantitative estimate of drug-likeness (QED) is 0.815. The fourth-order valence-electron chi connectivity index (χ4n) is 2.02. The van der Waals surface area contributed by atoms with Gasteiger partial charge in [-0.1, -0.05) is 0 Å². The van der Waals surface area contributed by atoms with Crippen molar-refractivity contribution in [3.05, 3.63) is 22.4 Å². The Morgan fingerprint density at radius 3 is 2.84 bits per heavy atom. The zero-order chi connectivity index (χ0) is 14.2. The van der Waals surface area contributed by atoms with Crippen molar-refractivity contribution in [1.82, 2.24) is 14.8 Å². The summed E-state index contributed by atoms with van der Waals surface area (Å²) < 4.78 is 2.56. The fourth-order valence-corrected chi connectivity index (χ4v) is 2.49. The van der Waals surface area contributed by atoms with Crippen LogP contribution in [0.5, 0.6) is 0 Å². The summed E-state index contributed by atoms with van der Waals surface area (Å²) in [4.78, 5) is 36.7. The van der Waals surface area contributed by atoms with Crippen LogP contribution in [0.1, 0.15) is 24.3 Å². The maximum Gasteiger partial charge on any atom is 0.271 e. The van der Waals surface area contributed by atoms with E-state index in [1.54, 1.807) is 23.8 Å². The van der Waals surface area contributed by atoms with Crippen LogP contribution in [0.4, 0.5) is 0 Å². The average molecular weight is 328 g/mol. The van der Waals surface area contributed by atoms with Gasteiger partial charge in [-0.3, -0.25) is 19.7 Å². The van der Waals surface area contributed by atoms with Crippen molar-refractivity contribution in [3.63, 3.8) is 0 Å². The zero-order valence-corrected chi connectivity index (χ0v) is 12.2. The van der Waals surface area contributed by atoms with E-state index in [2.05, 4.69) is 21.2 Å². The Kier molecular flexibility index (Phi) is 3.75. The molecule has 19 heavy (non-hydrogen) atoms. The number of nitrogens with one attached hydrogen (secondary N) is 1. The summed E-state index contributed by atoms with van der Waals surface area (Å²) in [7, 11) is 0. The molecule has 2 rings (SSSR count). The lowest BCUT2D eigenvalue weighted by Gasteiger charge is -2.31. The monoisotopic (exact) mass is 327 g/mol. The molecule has 1 fully saturated rings. The fraction of sp³-hybridized carbons (Fsp3) is 0.417. The van der Waals surface area contributed by atoms with E-state index < -0.39 is 17.9 Å². The van der Waals surface area contributed by atoms with Crippen molar-refractivity contribution in [2.24, 2.45) is 0 Å². The van der Waals surface area contributed by atoms with Crippen molar-refractivity contribution >= 4 is 33.7 Å². The van der Waals surface area contributed by atoms with Crippen LogP contribution in [0.2, 0.25) is 0 Å². The molecular weight excluding hydrogens is 314 g/mol. The number of nitrogens with zero attached hydrogens (tertiary/aromatic N) is 2. The van der Waals surface area contributed by atoms with Gasteiger partial charge in [-0.15, -0.1) is 0 Å². The highest BCUT2D eigenvalue weighted by molar-refractivity contribution is 9.10. The number of aromatic nitrogens is 1. The number of carbonyl (C=O) groups excluding carboxylic acids is 3. The molecule has 0 radical (unpaired) electrons. The molecule has 1 N–H and O–H groups in total. The molecular formula is C12H14BrN3O3. The second-order valence-electron chi connectivity index (χ2n) is 4.35. The Morgan fingerprint density at radius 1 is 1.53 bits per heavy atom. The third-order valence-electron chi connectivity index (χ3n) is 3.11. The maximum absolute atomic E-state index is 12.4. The number of hydrogen-bond donors (Lipinski definition) is 1. The second-order valence-corrected chi connectivity index (χ2v) is 5.27. The Balaban J connectivity index is 2.32. The Morgan fingerprint density at radius 2 is 2.21 bits per heavy atom. The first-order valence-corrected chi connectivity index (χ1v) is 6.73. The molecule has 0 saturated carbocycles. The van der Waals surface area contributed by atoms with E-state index in [1.165, 1.54) is 4.90 Å². The van der Waals surface area contributed by atoms with Gasteiger partial charge in [-0.2, -0.15) is 0 Å². The van der Waals surface area contributed by atoms with Gasteiger partial charge in [0.1, 0.15) is 18.3 Å². The van der Waals surface area contributed by atoms with Crippen molar-refractivity contribution in [3.8, 4) is 0 Å². The van der Waals surface area contributed by atoms with Crippen molar-refractivity contribution in [2.75, 3.05) is 6.54 Å². The van der Waals surface area contributed by atoms with Crippen molar-refractivity contribution in [1.29, 1.82) is 0 Å². The molecule has 1 aromatic heterocycles. The summed E-state index contributed by atoms with van der Waals surface area (Å²) in [6, 6.07) is 1.04. The van der Waals surface area contributed by atoms with Crippen LogP contribution < -0.4 is 5.32 Å². The van der Waals surface area contributed by atoms with Gasteiger partial charge in [0.2, 0.25) is 11.8 Å². The highest BCUT2D eigenvalue weighted by Crippen LogP contribution is 2.18. The number of rotatable bonds is 2. The van der Waals surface area contributed by atoms with Gasteiger partial charge in [0, 0.05) is 17.2 Å². The van der Waals surface area contributed by atoms with Crippen LogP contribution in [0.15, 0.2) is 16.7 Å². The molecule has 3 amide bonds. The Bertz CT molecular complexity index is 552. The lowest BCUT2D eigenvalue weighted by Crippen LogP contribution is -2.58. The summed E-state index contributed by atoms with van der Waals surface area (Å²) in [5.74, 6) is -1.22. The minimum atomic E-state index is -0.649. The lowest BCUT2D eigenvalue weighted by atomic mass is 10.2. The van der Waals surface area contributed by atoms with Gasteiger partial charge in [0.15, 0.2) is 0 Å².